The molecule has 2 aromatic heterocycles. The van der Waals surface area contributed by atoms with E-state index >= 15 is 0 Å². The van der Waals surface area contributed by atoms with E-state index < -0.39 is 0 Å². The van der Waals surface area contributed by atoms with Crippen LogP contribution in [0, 0.1) is 13.8 Å². The van der Waals surface area contributed by atoms with E-state index in [9.17, 15) is 4.79 Å². The zero-order valence-corrected chi connectivity index (χ0v) is 21.4. The highest BCUT2D eigenvalue weighted by atomic mass is 16.5. The van der Waals surface area contributed by atoms with E-state index in [2.05, 4.69) is 10.3 Å². The third-order valence-corrected chi connectivity index (χ3v) is 5.97. The summed E-state index contributed by atoms with van der Waals surface area (Å²) in [5.74, 6) is 2.32. The fraction of sp³-hybridized carbons (Fsp3) is 0.241. The first kappa shape index (κ1) is 24.9. The average Bonchev–Trinajstić information content (AvgIpc) is 3.29. The number of aryl methyl sites for hydroxylation is 2. The molecule has 2 heterocycles. The second-order valence-electron chi connectivity index (χ2n) is 8.44. The second-order valence-corrected chi connectivity index (χ2v) is 8.44. The number of rotatable bonds is 8. The Morgan fingerprint density at radius 3 is 2.58 bits per heavy atom. The Labute approximate surface area is 210 Å². The number of carbonyl (C=O) groups excluding carboxylic acids is 1. The molecule has 2 aromatic carbocycles. The number of fused-ring (bicyclic) bond motifs is 1. The number of methoxy groups -OCH3 is 2. The number of hydrogen-bond donors (Lipinski definition) is 1. The molecule has 0 fully saturated rings. The fourth-order valence-corrected chi connectivity index (χ4v) is 4.21. The van der Waals surface area contributed by atoms with Crippen molar-refractivity contribution in [1.29, 1.82) is 0 Å². The maximum atomic E-state index is 12.8. The molecule has 1 amide bonds. The van der Waals surface area contributed by atoms with Crippen LogP contribution in [-0.2, 0) is 4.79 Å². The van der Waals surface area contributed by atoms with Crippen molar-refractivity contribution in [1.82, 2.24) is 4.98 Å². The minimum atomic E-state index is -0.271. The van der Waals surface area contributed by atoms with Crippen molar-refractivity contribution in [3.05, 3.63) is 71.6 Å². The molecular formula is C29H30N2O5. The Balaban J connectivity index is 1.83. The van der Waals surface area contributed by atoms with Crippen LogP contribution in [-0.4, -0.2) is 31.7 Å². The predicted molar refractivity (Wildman–Crippen MR) is 142 cm³/mol. The van der Waals surface area contributed by atoms with Crippen LogP contribution < -0.4 is 19.5 Å². The van der Waals surface area contributed by atoms with Crippen LogP contribution in [0.15, 0.2) is 59.4 Å². The Kier molecular flexibility index (Phi) is 7.29. The van der Waals surface area contributed by atoms with Crippen LogP contribution in [0.1, 0.15) is 30.5 Å². The highest BCUT2D eigenvalue weighted by Crippen LogP contribution is 2.43. The molecule has 0 unspecified atom stereocenters. The van der Waals surface area contributed by atoms with E-state index in [-0.39, 0.29) is 5.91 Å². The molecule has 0 saturated carbocycles. The number of hydrogen-bond acceptors (Lipinski definition) is 6. The minimum Gasteiger partial charge on any atom is -0.497 e. The fourth-order valence-electron chi connectivity index (χ4n) is 4.21. The third-order valence-electron chi connectivity index (χ3n) is 5.97. The van der Waals surface area contributed by atoms with E-state index in [0.29, 0.717) is 35.3 Å². The lowest BCUT2D eigenvalue weighted by atomic mass is 9.96. The number of nitrogens with zero attached hydrogens (tertiary/aromatic N) is 1. The number of carbonyl (C=O) groups is 1. The highest BCUT2D eigenvalue weighted by molar-refractivity contribution is 6.06. The van der Waals surface area contributed by atoms with Crippen molar-refractivity contribution < 1.29 is 23.4 Å². The van der Waals surface area contributed by atoms with Gasteiger partial charge >= 0.3 is 0 Å². The normalized spacial score (nSPS) is 11.4. The number of pyridine rings is 1. The number of allylic oxidation sites excluding steroid dienone is 1. The maximum absolute atomic E-state index is 12.8. The van der Waals surface area contributed by atoms with Crippen LogP contribution in [0.2, 0.25) is 0 Å². The molecule has 0 aliphatic carbocycles. The quantitative estimate of drug-likeness (QED) is 0.284. The smallest absolute Gasteiger partial charge is 0.249 e. The van der Waals surface area contributed by atoms with Crippen LogP contribution >= 0.6 is 0 Å². The van der Waals surface area contributed by atoms with Crippen molar-refractivity contribution in [3.63, 3.8) is 0 Å². The molecule has 7 nitrogen and oxygen atoms in total. The van der Waals surface area contributed by atoms with Crippen molar-refractivity contribution >= 4 is 28.3 Å². The van der Waals surface area contributed by atoms with Crippen molar-refractivity contribution in [2.45, 2.75) is 27.7 Å². The molecule has 1 N–H and O–H groups in total. The van der Waals surface area contributed by atoms with Gasteiger partial charge in [0.2, 0.25) is 5.91 Å². The van der Waals surface area contributed by atoms with E-state index in [1.54, 1.807) is 32.8 Å². The summed E-state index contributed by atoms with van der Waals surface area (Å²) in [4.78, 5) is 17.0. The molecular weight excluding hydrogens is 456 g/mol. The summed E-state index contributed by atoms with van der Waals surface area (Å²) in [7, 11) is 3.26. The Hall–Kier alpha value is -4.26. The van der Waals surface area contributed by atoms with Gasteiger partial charge in [0.25, 0.3) is 0 Å². The van der Waals surface area contributed by atoms with E-state index in [0.717, 1.165) is 38.8 Å². The molecule has 0 bridgehead atoms. The Morgan fingerprint density at radius 1 is 1.08 bits per heavy atom. The number of aromatic nitrogens is 1. The largest absolute Gasteiger partial charge is 0.497 e. The summed E-state index contributed by atoms with van der Waals surface area (Å²) in [6.07, 6.45) is 4.93. The summed E-state index contributed by atoms with van der Waals surface area (Å²) >= 11 is 0. The van der Waals surface area contributed by atoms with E-state index in [1.807, 2.05) is 64.1 Å². The first-order valence-corrected chi connectivity index (χ1v) is 11.7. The third kappa shape index (κ3) is 4.91. The average molecular weight is 487 g/mol. The summed E-state index contributed by atoms with van der Waals surface area (Å²) in [5, 5.41) is 3.71. The van der Waals surface area contributed by atoms with Gasteiger partial charge in [-0.1, -0.05) is 0 Å². The summed E-state index contributed by atoms with van der Waals surface area (Å²) < 4.78 is 23.1. The van der Waals surface area contributed by atoms with Gasteiger partial charge in [-0.15, -0.1) is 0 Å². The molecule has 0 atom stereocenters. The standard InChI is InChI=1S/C29H30N2O5/c1-7-35-28-19(4)29-23(24(16-36-29)22-14-20(33-5)8-9-25(22)34-6)15-21(28)18(3)13-27(32)31-26-12-17(2)10-11-30-26/h8-16H,7H2,1-6H3,(H,30,31,32)/b18-13+. The van der Waals surface area contributed by atoms with Gasteiger partial charge in [0.15, 0.2) is 0 Å². The van der Waals surface area contributed by atoms with Crippen LogP contribution in [0.3, 0.4) is 0 Å². The monoisotopic (exact) mass is 486 g/mol. The van der Waals surface area contributed by atoms with Crippen LogP contribution in [0.5, 0.6) is 17.2 Å². The molecule has 0 radical (unpaired) electrons. The van der Waals surface area contributed by atoms with Crippen molar-refractivity contribution in [2.24, 2.45) is 0 Å². The lowest BCUT2D eigenvalue weighted by molar-refractivity contribution is -0.111. The molecule has 0 saturated heterocycles. The van der Waals surface area contributed by atoms with Gasteiger partial charge < -0.3 is 23.9 Å². The summed E-state index contributed by atoms with van der Waals surface area (Å²) in [6.45, 7) is 8.19. The number of ether oxygens (including phenoxy) is 3. The van der Waals surface area contributed by atoms with Crippen molar-refractivity contribution in [3.8, 4) is 28.4 Å². The van der Waals surface area contributed by atoms with Crippen LogP contribution in [0.25, 0.3) is 27.7 Å². The lowest BCUT2D eigenvalue weighted by Crippen LogP contribution is -2.10. The van der Waals surface area contributed by atoms with Gasteiger partial charge in [-0.25, -0.2) is 4.98 Å². The summed E-state index contributed by atoms with van der Waals surface area (Å²) in [6, 6.07) is 11.3. The van der Waals surface area contributed by atoms with E-state index in [4.69, 9.17) is 18.6 Å². The molecule has 4 aromatic rings. The predicted octanol–water partition coefficient (Wildman–Crippen LogP) is 6.57. The number of amides is 1. The molecule has 186 valence electrons. The SMILES string of the molecule is CCOc1c(/C(C)=C/C(=O)Nc2cc(C)ccn2)cc2c(-c3cc(OC)ccc3OC)coc2c1C. The Morgan fingerprint density at radius 2 is 1.89 bits per heavy atom. The first-order valence-electron chi connectivity index (χ1n) is 11.7. The lowest BCUT2D eigenvalue weighted by Gasteiger charge is -2.15. The second kappa shape index (κ2) is 10.6. The highest BCUT2D eigenvalue weighted by Gasteiger charge is 2.21. The van der Waals surface area contributed by atoms with Crippen LogP contribution in [0.4, 0.5) is 5.82 Å². The topological polar surface area (TPSA) is 82.8 Å². The van der Waals surface area contributed by atoms with Gasteiger partial charge in [0.05, 0.1) is 27.1 Å². The number of nitrogens with one attached hydrogen (secondary N) is 1. The van der Waals surface area contributed by atoms with Gasteiger partial charge in [-0.05, 0) is 75.2 Å². The molecule has 36 heavy (non-hydrogen) atoms. The zero-order chi connectivity index (χ0) is 25.8. The number of anilines is 1. The minimum absolute atomic E-state index is 0.271. The zero-order valence-electron chi connectivity index (χ0n) is 21.4. The maximum Gasteiger partial charge on any atom is 0.249 e. The summed E-state index contributed by atoms with van der Waals surface area (Å²) in [5.41, 5.74) is 5.83. The first-order chi connectivity index (χ1) is 17.4. The number of furan rings is 1. The van der Waals surface area contributed by atoms with Gasteiger partial charge in [-0.3, -0.25) is 4.79 Å². The Bertz CT molecular complexity index is 1450. The van der Waals surface area contributed by atoms with Gasteiger partial charge in [0, 0.05) is 39.9 Å². The molecule has 0 aliphatic rings. The van der Waals surface area contributed by atoms with E-state index in [1.165, 1.54) is 0 Å². The molecule has 7 heteroatoms. The molecule has 4 rings (SSSR count). The molecule has 0 aliphatic heterocycles. The molecule has 0 spiro atoms. The van der Waals surface area contributed by atoms with Crippen molar-refractivity contribution in [2.75, 3.05) is 26.1 Å². The van der Waals surface area contributed by atoms with Gasteiger partial charge in [0.1, 0.15) is 28.6 Å². The number of benzene rings is 2. The van der Waals surface area contributed by atoms with Gasteiger partial charge in [-0.2, -0.15) is 0 Å².